The van der Waals surface area contributed by atoms with Crippen LogP contribution in [-0.2, 0) is 4.74 Å². The summed E-state index contributed by atoms with van der Waals surface area (Å²) >= 11 is 0. The Morgan fingerprint density at radius 1 is 1.31 bits per heavy atom. The molecule has 0 aliphatic carbocycles. The molecule has 0 saturated heterocycles. The fraction of sp³-hybridized carbons (Fsp3) is 0.222. The Morgan fingerprint density at radius 2 is 2.15 bits per heavy atom. The number of ether oxygens (including phenoxy) is 1. The monoisotopic (exact) mass is 179 g/mol. The van der Waals surface area contributed by atoms with Gasteiger partial charge in [-0.15, -0.1) is 0 Å². The van der Waals surface area contributed by atoms with Gasteiger partial charge in [-0.05, 0) is 12.1 Å². The Labute approximate surface area is 75.1 Å². The molecule has 0 fully saturated rings. The molecular weight excluding hydrogens is 170 g/mol. The molecule has 0 spiro atoms. The summed E-state index contributed by atoms with van der Waals surface area (Å²) in [6.07, 6.45) is 0. The first kappa shape index (κ1) is 7.91. The number of rotatable bonds is 1. The number of aliphatic imine (C=N–C) groups is 1. The Morgan fingerprint density at radius 3 is 2.77 bits per heavy atom. The third kappa shape index (κ3) is 1.42. The van der Waals surface area contributed by atoms with E-state index < -0.39 is 0 Å². The Kier molecular flexibility index (Phi) is 1.81. The number of phenolic OH excluding ortho intramolecular Hbond substituents is 2. The quantitative estimate of drug-likeness (QED) is 0.672. The molecule has 1 heterocycles. The molecule has 4 nitrogen and oxygen atoms in total. The predicted octanol–water partition coefficient (Wildman–Crippen LogP) is 0.875. The van der Waals surface area contributed by atoms with Gasteiger partial charge in [-0.25, -0.2) is 4.99 Å². The first-order chi connectivity index (χ1) is 6.27. The Hall–Kier alpha value is -1.71. The second-order valence-corrected chi connectivity index (χ2v) is 2.74. The minimum Gasteiger partial charge on any atom is -0.508 e. The summed E-state index contributed by atoms with van der Waals surface area (Å²) in [7, 11) is 0. The number of nitrogens with zero attached hydrogens (tertiary/aromatic N) is 1. The van der Waals surface area contributed by atoms with E-state index in [2.05, 4.69) is 4.99 Å². The van der Waals surface area contributed by atoms with Crippen molar-refractivity contribution < 1.29 is 14.9 Å². The zero-order valence-electron chi connectivity index (χ0n) is 6.90. The zero-order valence-corrected chi connectivity index (χ0v) is 6.90. The Bertz CT molecular complexity index is 360. The molecule has 4 heteroatoms. The summed E-state index contributed by atoms with van der Waals surface area (Å²) in [5.74, 6) is 0.456. The van der Waals surface area contributed by atoms with Crippen LogP contribution in [0.3, 0.4) is 0 Å². The molecule has 1 aliphatic rings. The van der Waals surface area contributed by atoms with Crippen LogP contribution < -0.4 is 0 Å². The first-order valence-electron chi connectivity index (χ1n) is 3.97. The molecule has 2 N–H and O–H groups in total. The van der Waals surface area contributed by atoms with Gasteiger partial charge in [0.1, 0.15) is 18.1 Å². The summed E-state index contributed by atoms with van der Waals surface area (Å²) in [6, 6.07) is 4.33. The molecule has 1 aromatic carbocycles. The van der Waals surface area contributed by atoms with Crippen molar-refractivity contribution >= 4 is 5.90 Å². The van der Waals surface area contributed by atoms with Crippen LogP contribution in [0.5, 0.6) is 11.5 Å². The number of phenols is 2. The molecule has 0 bridgehead atoms. The van der Waals surface area contributed by atoms with Gasteiger partial charge in [0, 0.05) is 6.07 Å². The van der Waals surface area contributed by atoms with Crippen molar-refractivity contribution in [1.82, 2.24) is 0 Å². The zero-order chi connectivity index (χ0) is 9.26. The van der Waals surface area contributed by atoms with Gasteiger partial charge < -0.3 is 14.9 Å². The average molecular weight is 179 g/mol. The lowest BCUT2D eigenvalue weighted by Crippen LogP contribution is -2.00. The topological polar surface area (TPSA) is 62.1 Å². The Balaban J connectivity index is 2.40. The summed E-state index contributed by atoms with van der Waals surface area (Å²) in [4.78, 5) is 4.05. The number of benzene rings is 1. The van der Waals surface area contributed by atoms with E-state index >= 15 is 0 Å². The van der Waals surface area contributed by atoms with Crippen LogP contribution in [-0.4, -0.2) is 29.3 Å². The van der Waals surface area contributed by atoms with Crippen molar-refractivity contribution in [2.75, 3.05) is 13.2 Å². The molecule has 0 atom stereocenters. The lowest BCUT2D eigenvalue weighted by atomic mass is 10.2. The van der Waals surface area contributed by atoms with Gasteiger partial charge >= 0.3 is 0 Å². The summed E-state index contributed by atoms with van der Waals surface area (Å²) in [6.45, 7) is 1.17. The van der Waals surface area contributed by atoms with Crippen LogP contribution in [0, 0.1) is 0 Å². The van der Waals surface area contributed by atoms with Crippen LogP contribution in [0.15, 0.2) is 23.2 Å². The molecule has 0 saturated carbocycles. The molecule has 2 rings (SSSR count). The normalized spacial score (nSPS) is 15.2. The number of hydrogen-bond donors (Lipinski definition) is 2. The highest BCUT2D eigenvalue weighted by molar-refractivity contribution is 5.97. The highest BCUT2D eigenvalue weighted by Gasteiger charge is 2.14. The van der Waals surface area contributed by atoms with Crippen molar-refractivity contribution in [1.29, 1.82) is 0 Å². The first-order valence-corrected chi connectivity index (χ1v) is 3.97. The molecular formula is C9H9NO3. The van der Waals surface area contributed by atoms with Crippen molar-refractivity contribution in [2.24, 2.45) is 4.99 Å². The van der Waals surface area contributed by atoms with E-state index in [1.54, 1.807) is 6.07 Å². The SMILES string of the molecule is Oc1ccc(C2=NCCO2)c(O)c1. The average Bonchev–Trinajstić information content (AvgIpc) is 2.56. The summed E-state index contributed by atoms with van der Waals surface area (Å²) < 4.78 is 5.17. The number of aromatic hydroxyl groups is 2. The van der Waals surface area contributed by atoms with Gasteiger partial charge in [0.2, 0.25) is 5.90 Å². The van der Waals surface area contributed by atoms with E-state index in [4.69, 9.17) is 9.84 Å². The minimum absolute atomic E-state index is 0.0133. The second kappa shape index (κ2) is 2.97. The second-order valence-electron chi connectivity index (χ2n) is 2.74. The van der Waals surface area contributed by atoms with Gasteiger partial charge in [-0.3, -0.25) is 0 Å². The van der Waals surface area contributed by atoms with Crippen LogP contribution in [0.1, 0.15) is 5.56 Å². The molecule has 1 aliphatic heterocycles. The number of hydrogen-bond acceptors (Lipinski definition) is 4. The smallest absolute Gasteiger partial charge is 0.220 e. The summed E-state index contributed by atoms with van der Waals surface area (Å²) in [5.41, 5.74) is 0.523. The van der Waals surface area contributed by atoms with Gasteiger partial charge in [-0.2, -0.15) is 0 Å². The third-order valence-corrected chi connectivity index (χ3v) is 1.80. The van der Waals surface area contributed by atoms with E-state index in [0.717, 1.165) is 0 Å². The lowest BCUT2D eigenvalue weighted by molar-refractivity contribution is 0.346. The molecule has 13 heavy (non-hydrogen) atoms. The highest BCUT2D eigenvalue weighted by atomic mass is 16.5. The molecule has 0 amide bonds. The van der Waals surface area contributed by atoms with Crippen LogP contribution in [0.25, 0.3) is 0 Å². The highest BCUT2D eigenvalue weighted by Crippen LogP contribution is 2.24. The maximum absolute atomic E-state index is 9.43. The van der Waals surface area contributed by atoms with Gasteiger partial charge in [-0.1, -0.05) is 0 Å². The van der Waals surface area contributed by atoms with Crippen molar-refractivity contribution in [3.63, 3.8) is 0 Å². The molecule has 0 radical (unpaired) electrons. The van der Waals surface area contributed by atoms with E-state index in [1.807, 2.05) is 0 Å². The largest absolute Gasteiger partial charge is 0.508 e. The van der Waals surface area contributed by atoms with E-state index in [-0.39, 0.29) is 11.5 Å². The van der Waals surface area contributed by atoms with Crippen LogP contribution in [0.4, 0.5) is 0 Å². The van der Waals surface area contributed by atoms with Gasteiger partial charge in [0.05, 0.1) is 12.1 Å². The van der Waals surface area contributed by atoms with Crippen LogP contribution in [0.2, 0.25) is 0 Å². The van der Waals surface area contributed by atoms with Crippen LogP contribution >= 0.6 is 0 Å². The third-order valence-electron chi connectivity index (χ3n) is 1.80. The predicted molar refractivity (Wildman–Crippen MR) is 47.1 cm³/mol. The van der Waals surface area contributed by atoms with Crippen molar-refractivity contribution in [3.05, 3.63) is 23.8 Å². The minimum atomic E-state index is -0.0133. The lowest BCUT2D eigenvalue weighted by Gasteiger charge is -2.04. The molecule has 68 valence electrons. The standard InChI is InChI=1S/C9H9NO3/c11-6-1-2-7(8(12)5-6)9-10-3-4-13-9/h1-2,5,11-12H,3-4H2. The van der Waals surface area contributed by atoms with E-state index in [9.17, 15) is 5.11 Å². The molecule has 0 aromatic heterocycles. The molecule has 1 aromatic rings. The van der Waals surface area contributed by atoms with Gasteiger partial charge in [0.25, 0.3) is 0 Å². The van der Waals surface area contributed by atoms with Gasteiger partial charge in [0.15, 0.2) is 0 Å². The maximum Gasteiger partial charge on any atom is 0.220 e. The van der Waals surface area contributed by atoms with Crippen molar-refractivity contribution in [2.45, 2.75) is 0 Å². The fourth-order valence-electron chi connectivity index (χ4n) is 1.20. The summed E-state index contributed by atoms with van der Waals surface area (Å²) in [5, 5.41) is 18.5. The maximum atomic E-state index is 9.43. The molecule has 0 unspecified atom stereocenters. The van der Waals surface area contributed by atoms with E-state index in [0.29, 0.717) is 24.6 Å². The van der Waals surface area contributed by atoms with E-state index in [1.165, 1.54) is 12.1 Å². The van der Waals surface area contributed by atoms with Crippen molar-refractivity contribution in [3.8, 4) is 11.5 Å². The fourth-order valence-corrected chi connectivity index (χ4v) is 1.20.